The zero-order valence-electron chi connectivity index (χ0n) is 18.9. The van der Waals surface area contributed by atoms with Gasteiger partial charge in [0.2, 0.25) is 5.91 Å². The van der Waals surface area contributed by atoms with Crippen LogP contribution in [0.5, 0.6) is 0 Å². The van der Waals surface area contributed by atoms with E-state index in [4.69, 9.17) is 0 Å². The molecule has 2 aromatic rings. The molecule has 4 saturated carbocycles. The Morgan fingerprint density at radius 2 is 1.78 bits per heavy atom. The second-order valence-electron chi connectivity index (χ2n) is 10.2. The normalized spacial score (nSPS) is 29.0. The van der Waals surface area contributed by atoms with Crippen molar-refractivity contribution >= 4 is 23.7 Å². The van der Waals surface area contributed by atoms with E-state index in [1.54, 1.807) is 13.3 Å². The molecule has 1 aromatic heterocycles. The van der Waals surface area contributed by atoms with Gasteiger partial charge in [0.15, 0.2) is 5.16 Å². The van der Waals surface area contributed by atoms with Gasteiger partial charge >= 0.3 is 6.03 Å². The number of urea groups is 1. The van der Waals surface area contributed by atoms with Gasteiger partial charge in [-0.1, -0.05) is 23.9 Å². The molecule has 0 unspecified atom stereocenters. The van der Waals surface area contributed by atoms with E-state index < -0.39 is 5.25 Å². The zero-order valence-corrected chi connectivity index (χ0v) is 19.7. The zero-order chi connectivity index (χ0) is 22.5. The van der Waals surface area contributed by atoms with Gasteiger partial charge in [-0.15, -0.1) is 10.2 Å². The van der Waals surface area contributed by atoms with Gasteiger partial charge < -0.3 is 5.32 Å². The van der Waals surface area contributed by atoms with Crippen molar-refractivity contribution in [1.29, 1.82) is 0 Å². The van der Waals surface area contributed by atoms with Crippen LogP contribution in [0.4, 0.5) is 4.79 Å². The molecule has 1 heterocycles. The second-order valence-corrected chi connectivity index (χ2v) is 11.5. The number of hydrogen-bond donors (Lipinski definition) is 2. The fourth-order valence-corrected chi connectivity index (χ4v) is 7.25. The van der Waals surface area contributed by atoms with Gasteiger partial charge in [0, 0.05) is 5.54 Å². The minimum absolute atomic E-state index is 0.113. The van der Waals surface area contributed by atoms with Gasteiger partial charge in [0.05, 0.1) is 10.9 Å². The molecule has 2 N–H and O–H groups in total. The molecule has 6 rings (SSSR count). The average Bonchev–Trinajstić information content (AvgIpc) is 3.16. The lowest BCUT2D eigenvalue weighted by atomic mass is 9.53. The highest BCUT2D eigenvalue weighted by atomic mass is 32.2. The highest BCUT2D eigenvalue weighted by Gasteiger charge is 2.51. The lowest BCUT2D eigenvalue weighted by Crippen LogP contribution is -2.62. The van der Waals surface area contributed by atoms with Crippen LogP contribution >= 0.6 is 11.8 Å². The van der Waals surface area contributed by atoms with Crippen molar-refractivity contribution in [2.45, 2.75) is 75.2 Å². The predicted molar refractivity (Wildman–Crippen MR) is 124 cm³/mol. The van der Waals surface area contributed by atoms with Gasteiger partial charge in [0.1, 0.15) is 6.33 Å². The third kappa shape index (κ3) is 4.17. The quantitative estimate of drug-likeness (QED) is 0.664. The number of rotatable bonds is 5. The smallest absolute Gasteiger partial charge is 0.321 e. The van der Waals surface area contributed by atoms with Crippen LogP contribution in [0.15, 0.2) is 29.7 Å². The summed E-state index contributed by atoms with van der Waals surface area (Å²) in [6.45, 7) is 5.87. The molecular weight excluding hydrogens is 422 g/mol. The molecule has 4 aliphatic rings. The summed E-state index contributed by atoms with van der Waals surface area (Å²) in [6.07, 6.45) is 8.79. The topological polar surface area (TPSA) is 88.9 Å². The van der Waals surface area contributed by atoms with Gasteiger partial charge in [-0.2, -0.15) is 0 Å². The first-order valence-corrected chi connectivity index (χ1v) is 12.5. The molecule has 170 valence electrons. The Morgan fingerprint density at radius 1 is 1.12 bits per heavy atom. The molecule has 0 radical (unpaired) electrons. The van der Waals surface area contributed by atoms with Crippen molar-refractivity contribution in [3.05, 3.63) is 35.7 Å². The summed E-state index contributed by atoms with van der Waals surface area (Å²) in [5.74, 6) is 1.90. The molecular formula is C24H31N5O2S. The molecule has 4 fully saturated rings. The van der Waals surface area contributed by atoms with Gasteiger partial charge in [0.25, 0.3) is 0 Å². The molecule has 1 atom stereocenters. The Labute approximate surface area is 193 Å². The summed E-state index contributed by atoms with van der Waals surface area (Å²) in [5.41, 5.74) is 3.12. The van der Waals surface area contributed by atoms with E-state index in [9.17, 15) is 9.59 Å². The Kier molecular flexibility index (Phi) is 5.51. The third-order valence-electron chi connectivity index (χ3n) is 7.45. The summed E-state index contributed by atoms with van der Waals surface area (Å²) < 4.78 is 1.90. The number of thioether (sulfide) groups is 1. The Bertz CT molecular complexity index is 1010. The van der Waals surface area contributed by atoms with Gasteiger partial charge in [-0.25, -0.2) is 4.79 Å². The van der Waals surface area contributed by atoms with Gasteiger partial charge in [-0.05, 0) is 94.2 Å². The average molecular weight is 454 g/mol. The molecule has 8 heteroatoms. The van der Waals surface area contributed by atoms with E-state index in [2.05, 4.69) is 39.0 Å². The molecule has 7 nitrogen and oxygen atoms in total. The van der Waals surface area contributed by atoms with E-state index in [0.717, 1.165) is 53.8 Å². The van der Waals surface area contributed by atoms with Crippen molar-refractivity contribution < 1.29 is 9.59 Å². The molecule has 0 saturated heterocycles. The third-order valence-corrected chi connectivity index (χ3v) is 8.50. The minimum atomic E-state index is -0.481. The maximum atomic E-state index is 12.8. The van der Waals surface area contributed by atoms with Crippen LogP contribution in [-0.2, 0) is 4.79 Å². The Hall–Kier alpha value is -2.35. The fraction of sp³-hybridized carbons (Fsp3) is 0.583. The monoisotopic (exact) mass is 453 g/mol. The molecule has 4 bridgehead atoms. The summed E-state index contributed by atoms with van der Waals surface area (Å²) in [6, 6.07) is 5.84. The number of hydrogen-bond acceptors (Lipinski definition) is 5. The fourth-order valence-electron chi connectivity index (χ4n) is 6.41. The summed E-state index contributed by atoms with van der Waals surface area (Å²) in [4.78, 5) is 25.5. The van der Waals surface area contributed by atoms with Crippen molar-refractivity contribution in [3.8, 4) is 5.69 Å². The van der Waals surface area contributed by atoms with E-state index >= 15 is 0 Å². The standard InChI is InChI=1S/C24H31N5O2S/c1-14-4-5-15(2)20(6-14)29-13-25-28-23(29)32-16(3)21(30)26-22(31)27-24-10-17-7-18(11-24)9-19(8-17)12-24/h4-6,13,16-19H,7-12H2,1-3H3,(H2,26,27,30,31)/t16-,17?,18?,19?,24?/m0/s1. The van der Waals surface area contributed by atoms with E-state index in [1.807, 2.05) is 18.4 Å². The maximum absolute atomic E-state index is 12.8. The van der Waals surface area contributed by atoms with Crippen LogP contribution in [-0.4, -0.2) is 37.5 Å². The summed E-state index contributed by atoms with van der Waals surface area (Å²) >= 11 is 1.30. The number of imide groups is 1. The SMILES string of the molecule is Cc1ccc(C)c(-n2cnnc2S[C@@H](C)C(=O)NC(=O)NC23CC4CC(CC(C4)C2)C3)c1. The largest absolute Gasteiger partial charge is 0.332 e. The first-order valence-electron chi connectivity index (χ1n) is 11.6. The molecule has 1 aromatic carbocycles. The maximum Gasteiger partial charge on any atom is 0.321 e. The van der Waals surface area contributed by atoms with Crippen molar-refractivity contribution in [3.63, 3.8) is 0 Å². The van der Waals surface area contributed by atoms with Crippen LogP contribution in [0.3, 0.4) is 0 Å². The van der Waals surface area contributed by atoms with E-state index in [0.29, 0.717) is 5.16 Å². The van der Waals surface area contributed by atoms with Crippen LogP contribution in [0, 0.1) is 31.6 Å². The van der Waals surface area contributed by atoms with Crippen LogP contribution in [0.2, 0.25) is 0 Å². The minimum Gasteiger partial charge on any atom is -0.332 e. The number of nitrogens with zero attached hydrogens (tertiary/aromatic N) is 3. The number of benzene rings is 1. The lowest BCUT2D eigenvalue weighted by Gasteiger charge is -2.56. The van der Waals surface area contributed by atoms with Crippen molar-refractivity contribution in [2.24, 2.45) is 17.8 Å². The molecule has 3 amide bonds. The first-order chi connectivity index (χ1) is 15.3. The Balaban J connectivity index is 1.21. The molecule has 32 heavy (non-hydrogen) atoms. The first kappa shape index (κ1) is 21.5. The molecule has 4 aliphatic carbocycles. The van der Waals surface area contributed by atoms with Gasteiger partial charge in [-0.3, -0.25) is 14.7 Å². The molecule has 0 aliphatic heterocycles. The van der Waals surface area contributed by atoms with E-state index in [1.165, 1.54) is 31.0 Å². The highest BCUT2D eigenvalue weighted by Crippen LogP contribution is 2.55. The van der Waals surface area contributed by atoms with Crippen LogP contribution in [0.1, 0.15) is 56.6 Å². The number of aromatic nitrogens is 3. The second kappa shape index (κ2) is 8.21. The number of nitrogens with one attached hydrogen (secondary N) is 2. The summed E-state index contributed by atoms with van der Waals surface area (Å²) in [7, 11) is 0. The van der Waals surface area contributed by atoms with Crippen LogP contribution in [0.25, 0.3) is 5.69 Å². The predicted octanol–water partition coefficient (Wildman–Crippen LogP) is 4.16. The summed E-state index contributed by atoms with van der Waals surface area (Å²) in [5, 5.41) is 14.2. The lowest BCUT2D eigenvalue weighted by molar-refractivity contribution is -0.119. The van der Waals surface area contributed by atoms with E-state index in [-0.39, 0.29) is 17.5 Å². The number of aryl methyl sites for hydroxylation is 2. The number of carbonyl (C=O) groups is 2. The van der Waals surface area contributed by atoms with Crippen molar-refractivity contribution in [1.82, 2.24) is 25.4 Å². The van der Waals surface area contributed by atoms with Crippen molar-refractivity contribution in [2.75, 3.05) is 0 Å². The van der Waals surface area contributed by atoms with Crippen LogP contribution < -0.4 is 10.6 Å². The molecule has 0 spiro atoms. The number of amides is 3. The number of carbonyl (C=O) groups excluding carboxylic acids is 2. The highest BCUT2D eigenvalue weighted by molar-refractivity contribution is 8.00. The Morgan fingerprint density at radius 3 is 2.44 bits per heavy atom.